The molecule has 2 atom stereocenters. The molecule has 370 valence electrons. The van der Waals surface area contributed by atoms with Crippen LogP contribution in [0.25, 0.3) is 38.8 Å². The molecule has 0 saturated heterocycles. The number of anilines is 1. The van der Waals surface area contributed by atoms with E-state index in [1.807, 2.05) is 6.20 Å². The third-order valence-electron chi connectivity index (χ3n) is 17.0. The van der Waals surface area contributed by atoms with Gasteiger partial charge in [-0.25, -0.2) is 4.98 Å². The lowest BCUT2D eigenvalue weighted by molar-refractivity contribution is 0.321. The quantitative estimate of drug-likeness (QED) is 0.152. The van der Waals surface area contributed by atoms with Crippen LogP contribution in [0.4, 0.5) is 5.69 Å². The lowest BCUT2D eigenvalue weighted by Crippen LogP contribution is -2.54. The van der Waals surface area contributed by atoms with Crippen molar-refractivity contribution in [1.82, 2.24) is 9.55 Å². The van der Waals surface area contributed by atoms with Gasteiger partial charge in [0, 0.05) is 34.3 Å². The zero-order chi connectivity index (χ0) is 51.7. The predicted molar refractivity (Wildman–Crippen MR) is 306 cm³/mol. The molecule has 0 spiro atoms. The molecular weight excluding hydrogens is 877 g/mol. The van der Waals surface area contributed by atoms with Gasteiger partial charge >= 0.3 is 0 Å². The maximum Gasteiger partial charge on any atom is 0.145 e. The topological polar surface area (TPSA) is 42.6 Å². The monoisotopic (exact) mass is 953 g/mol. The van der Waals surface area contributed by atoms with E-state index in [9.17, 15) is 0 Å². The summed E-state index contributed by atoms with van der Waals surface area (Å²) in [6.45, 7) is 41.5. The summed E-state index contributed by atoms with van der Waals surface area (Å²) in [5.74, 6) is 3.14. The number of aliphatic imine (C=N–C) groups is 1. The highest BCUT2D eigenvalue weighted by Gasteiger charge is 2.61. The maximum atomic E-state index is 7.45. The number of hydrogen-bond donors (Lipinski definition) is 0. The van der Waals surface area contributed by atoms with Crippen molar-refractivity contribution in [3.63, 3.8) is 0 Å². The van der Waals surface area contributed by atoms with E-state index in [-0.39, 0.29) is 10.8 Å². The Labute approximate surface area is 430 Å². The molecule has 8 aromatic rings. The number of aryl methyl sites for hydroxylation is 3. The minimum Gasteiger partial charge on any atom is -0.457 e. The second-order valence-electron chi connectivity index (χ2n) is 24.6. The van der Waals surface area contributed by atoms with Crippen LogP contribution in [0.3, 0.4) is 0 Å². The average molecular weight is 953 g/mol. The fraction of sp³-hybridized carbons (Fsp3) is 0.373. The molecule has 3 heterocycles. The van der Waals surface area contributed by atoms with Gasteiger partial charge in [-0.05, 0) is 217 Å². The van der Waals surface area contributed by atoms with Crippen molar-refractivity contribution in [2.75, 3.05) is 4.90 Å². The summed E-state index contributed by atoms with van der Waals surface area (Å²) in [4.78, 5) is 13.8. The third-order valence-corrected chi connectivity index (χ3v) is 17.0. The van der Waals surface area contributed by atoms with E-state index in [4.69, 9.17) is 14.7 Å². The van der Waals surface area contributed by atoms with E-state index < -0.39 is 11.1 Å². The fourth-order valence-corrected chi connectivity index (χ4v) is 12.1. The SMILES string of the molecule is Cc1ccc2c(c1C)C[C@]1(C)N(c3c(C)c(C)cc(C)c3C)C(c3cc(Oc4cc(-n5c6ccc(C(C)(C)C)cc6c6cccnc65)cc(C(C)(C)C)c4)cc(-c4c(C(C)C)cccc4C(C)C)c3)=N[C@]21C. The van der Waals surface area contributed by atoms with Crippen LogP contribution in [-0.2, 0) is 22.8 Å². The van der Waals surface area contributed by atoms with Crippen molar-refractivity contribution < 1.29 is 4.74 Å². The largest absolute Gasteiger partial charge is 0.457 e. The number of hydrogen-bond acceptors (Lipinski definition) is 4. The maximum absolute atomic E-state index is 7.45. The molecule has 72 heavy (non-hydrogen) atoms. The van der Waals surface area contributed by atoms with Crippen LogP contribution in [0.15, 0.2) is 114 Å². The Morgan fingerprint density at radius 3 is 1.88 bits per heavy atom. The number of fused-ring (bicyclic) bond motifs is 6. The van der Waals surface area contributed by atoms with Crippen LogP contribution in [0, 0.1) is 41.5 Å². The Hall–Kier alpha value is -6.46. The molecule has 0 fully saturated rings. The van der Waals surface area contributed by atoms with Gasteiger partial charge in [0.1, 0.15) is 28.5 Å². The van der Waals surface area contributed by atoms with Crippen LogP contribution in [-0.4, -0.2) is 20.9 Å². The van der Waals surface area contributed by atoms with Gasteiger partial charge in [0.2, 0.25) is 0 Å². The molecule has 0 unspecified atom stereocenters. The van der Waals surface area contributed by atoms with Crippen molar-refractivity contribution in [2.24, 2.45) is 4.99 Å². The summed E-state index contributed by atoms with van der Waals surface area (Å²) in [5.41, 5.74) is 22.5. The molecule has 0 N–H and O–H groups in total. The fourth-order valence-electron chi connectivity index (χ4n) is 12.1. The van der Waals surface area contributed by atoms with Gasteiger partial charge in [-0.3, -0.25) is 9.56 Å². The van der Waals surface area contributed by atoms with Gasteiger partial charge < -0.3 is 9.64 Å². The average Bonchev–Trinajstić information content (AvgIpc) is 3.86. The van der Waals surface area contributed by atoms with E-state index in [0.29, 0.717) is 11.8 Å². The highest BCUT2D eigenvalue weighted by atomic mass is 16.5. The zero-order valence-electron chi connectivity index (χ0n) is 46.5. The molecule has 5 heteroatoms. The first kappa shape index (κ1) is 49.1. The molecule has 0 amide bonds. The lowest BCUT2D eigenvalue weighted by atomic mass is 9.79. The second-order valence-corrected chi connectivity index (χ2v) is 24.6. The van der Waals surface area contributed by atoms with Gasteiger partial charge in [-0.1, -0.05) is 112 Å². The first-order valence-corrected chi connectivity index (χ1v) is 26.4. The van der Waals surface area contributed by atoms with Gasteiger partial charge in [0.05, 0.1) is 16.7 Å². The van der Waals surface area contributed by atoms with Crippen LogP contribution in [0.2, 0.25) is 0 Å². The molecule has 1 aliphatic carbocycles. The number of rotatable bonds is 8. The van der Waals surface area contributed by atoms with E-state index in [1.54, 1.807) is 0 Å². The van der Waals surface area contributed by atoms with Crippen molar-refractivity contribution in [3.8, 4) is 28.3 Å². The van der Waals surface area contributed by atoms with Gasteiger partial charge in [-0.2, -0.15) is 0 Å². The normalized spacial score (nSPS) is 17.9. The Kier molecular flexibility index (Phi) is 11.7. The number of ether oxygens (including phenoxy) is 1. The predicted octanol–water partition coefficient (Wildman–Crippen LogP) is 17.8. The lowest BCUT2D eigenvalue weighted by Gasteiger charge is -2.43. The Morgan fingerprint density at radius 1 is 0.597 bits per heavy atom. The van der Waals surface area contributed by atoms with E-state index in [2.05, 4.69) is 237 Å². The molecule has 6 aromatic carbocycles. The van der Waals surface area contributed by atoms with Gasteiger partial charge in [-0.15, -0.1) is 0 Å². The molecule has 1 aliphatic heterocycles. The molecule has 2 aliphatic rings. The van der Waals surface area contributed by atoms with Gasteiger partial charge in [0.15, 0.2) is 0 Å². The summed E-state index contributed by atoms with van der Waals surface area (Å²) < 4.78 is 9.78. The molecule has 5 nitrogen and oxygen atoms in total. The van der Waals surface area contributed by atoms with E-state index in [0.717, 1.165) is 57.1 Å². The minimum absolute atomic E-state index is 0.00555. The standard InChI is InChI=1S/C67H76N4O/c1-38(2)53-21-19-22-54(39(3)4)60(53)46-30-47(62-69-67(18)58-26-24-40(5)43(8)57(58)37-66(67,17)71(62)61-44(9)41(6)29-42(7)45(61)10)32-51(31-46)72-52-34-49(65(14,15)16)33-50(36-52)70-59-27-25-48(64(11,12)13)35-56(59)55-23-20-28-68-63(55)70/h19-36,38-39H,37H2,1-18H3/t66-,67+/m0/s1. The van der Waals surface area contributed by atoms with Crippen LogP contribution >= 0.6 is 0 Å². The van der Waals surface area contributed by atoms with Crippen molar-refractivity contribution in [2.45, 2.75) is 165 Å². The van der Waals surface area contributed by atoms with Crippen molar-refractivity contribution >= 4 is 33.5 Å². The minimum atomic E-state index is -0.525. The van der Waals surface area contributed by atoms with Crippen molar-refractivity contribution in [3.05, 3.63) is 182 Å². The third kappa shape index (κ3) is 7.71. The number of aromatic nitrogens is 2. The molecule has 2 aromatic heterocycles. The Morgan fingerprint density at radius 2 is 1.24 bits per heavy atom. The van der Waals surface area contributed by atoms with Crippen LogP contribution in [0.1, 0.15) is 167 Å². The summed E-state index contributed by atoms with van der Waals surface area (Å²) in [7, 11) is 0. The highest BCUT2D eigenvalue weighted by molar-refractivity contribution is 6.15. The highest BCUT2D eigenvalue weighted by Crippen LogP contribution is 2.58. The Balaban J connectivity index is 1.24. The summed E-state index contributed by atoms with van der Waals surface area (Å²) in [6, 6.07) is 38.8. The molecular formula is C67H76N4O. The number of pyridine rings is 1. The molecule has 10 rings (SSSR count). The van der Waals surface area contributed by atoms with Gasteiger partial charge in [0.25, 0.3) is 0 Å². The van der Waals surface area contributed by atoms with Crippen molar-refractivity contribution in [1.29, 1.82) is 0 Å². The zero-order valence-corrected chi connectivity index (χ0v) is 46.5. The summed E-state index contributed by atoms with van der Waals surface area (Å²) in [6.07, 6.45) is 2.80. The smallest absolute Gasteiger partial charge is 0.145 e. The molecule has 0 bridgehead atoms. The number of nitrogens with zero attached hydrogens (tertiary/aromatic N) is 4. The van der Waals surface area contributed by atoms with Crippen LogP contribution < -0.4 is 9.64 Å². The van der Waals surface area contributed by atoms with E-state index >= 15 is 0 Å². The van der Waals surface area contributed by atoms with E-state index in [1.165, 1.54) is 83.4 Å². The molecule has 0 saturated carbocycles. The number of benzene rings is 6. The number of amidine groups is 1. The summed E-state index contributed by atoms with van der Waals surface area (Å²) in [5, 5.41) is 2.34. The summed E-state index contributed by atoms with van der Waals surface area (Å²) >= 11 is 0. The first-order valence-electron chi connectivity index (χ1n) is 26.4. The Bertz CT molecular complexity index is 3500. The molecule has 0 radical (unpaired) electrons. The second kappa shape index (κ2) is 17.1. The first-order chi connectivity index (χ1) is 33.8. The van der Waals surface area contributed by atoms with Crippen LogP contribution in [0.5, 0.6) is 11.5 Å².